The molecule has 0 amide bonds. The number of alkyl halides is 1. The smallest absolute Gasteiger partial charge is 0.123 e. The summed E-state index contributed by atoms with van der Waals surface area (Å²) in [5.41, 5.74) is 1.07. The maximum atomic E-state index is 6.68. The van der Waals surface area contributed by atoms with Gasteiger partial charge in [0.05, 0.1) is 19.6 Å². The first-order chi connectivity index (χ1) is 8.72. The topological polar surface area (TPSA) is 18.5 Å². The van der Waals surface area contributed by atoms with Crippen molar-refractivity contribution < 1.29 is 9.47 Å². The van der Waals surface area contributed by atoms with Gasteiger partial charge in [-0.05, 0) is 55.2 Å². The molecular formula is C15H19ClO2. The molecule has 3 heteroatoms. The molecule has 3 rings (SSSR count). The van der Waals surface area contributed by atoms with Gasteiger partial charge in [0.2, 0.25) is 0 Å². The lowest BCUT2D eigenvalue weighted by atomic mass is 9.93. The zero-order chi connectivity index (χ0) is 12.7. The van der Waals surface area contributed by atoms with E-state index in [9.17, 15) is 0 Å². The first-order valence-corrected chi connectivity index (χ1v) is 7.02. The molecule has 0 N–H and O–H groups in total. The van der Waals surface area contributed by atoms with Crippen molar-refractivity contribution in [1.82, 2.24) is 0 Å². The normalized spacial score (nSPS) is 30.7. The number of hydrogen-bond acceptors (Lipinski definition) is 2. The second kappa shape index (κ2) is 4.65. The van der Waals surface area contributed by atoms with Crippen molar-refractivity contribution in [1.29, 1.82) is 0 Å². The molecule has 1 aromatic carbocycles. The van der Waals surface area contributed by atoms with Crippen LogP contribution in [0.2, 0.25) is 0 Å². The maximum Gasteiger partial charge on any atom is 0.123 e. The molecule has 0 aromatic heterocycles. The third-order valence-corrected chi connectivity index (χ3v) is 5.02. The Morgan fingerprint density at radius 2 is 1.83 bits per heavy atom. The Kier molecular flexibility index (Phi) is 3.14. The zero-order valence-corrected chi connectivity index (χ0v) is 11.6. The fourth-order valence-electron chi connectivity index (χ4n) is 3.31. The van der Waals surface area contributed by atoms with Gasteiger partial charge in [0, 0.05) is 5.56 Å². The molecular weight excluding hydrogens is 248 g/mol. The van der Waals surface area contributed by atoms with Gasteiger partial charge in [0.25, 0.3) is 0 Å². The van der Waals surface area contributed by atoms with E-state index in [0.717, 1.165) is 28.9 Å². The molecule has 1 aromatic rings. The first kappa shape index (κ1) is 12.2. The van der Waals surface area contributed by atoms with E-state index in [2.05, 4.69) is 0 Å². The summed E-state index contributed by atoms with van der Waals surface area (Å²) in [7, 11) is 3.38. The van der Waals surface area contributed by atoms with Crippen LogP contribution < -0.4 is 9.47 Å². The zero-order valence-electron chi connectivity index (χ0n) is 10.9. The molecule has 3 atom stereocenters. The van der Waals surface area contributed by atoms with E-state index in [4.69, 9.17) is 21.1 Å². The molecule has 3 unspecified atom stereocenters. The van der Waals surface area contributed by atoms with Crippen molar-refractivity contribution in [3.05, 3.63) is 23.8 Å². The maximum absolute atomic E-state index is 6.68. The van der Waals surface area contributed by atoms with E-state index < -0.39 is 0 Å². The molecule has 0 spiro atoms. The number of rotatable bonds is 4. The largest absolute Gasteiger partial charge is 0.497 e. The number of fused-ring (bicyclic) bond motifs is 1. The van der Waals surface area contributed by atoms with Gasteiger partial charge in [0.1, 0.15) is 11.5 Å². The summed E-state index contributed by atoms with van der Waals surface area (Å²) in [6.45, 7) is 0. The highest BCUT2D eigenvalue weighted by molar-refractivity contribution is 6.21. The molecule has 0 saturated heterocycles. The van der Waals surface area contributed by atoms with Gasteiger partial charge in [0.15, 0.2) is 0 Å². The fourth-order valence-corrected chi connectivity index (χ4v) is 3.69. The molecule has 0 bridgehead atoms. The van der Waals surface area contributed by atoms with E-state index in [0.29, 0.717) is 5.92 Å². The first-order valence-electron chi connectivity index (χ1n) is 6.59. The highest BCUT2D eigenvalue weighted by Gasteiger charge is 2.48. The summed E-state index contributed by atoms with van der Waals surface area (Å²) >= 11 is 6.68. The summed E-state index contributed by atoms with van der Waals surface area (Å²) in [5.74, 6) is 4.22. The van der Waals surface area contributed by atoms with E-state index >= 15 is 0 Å². The van der Waals surface area contributed by atoms with Gasteiger partial charge in [-0.1, -0.05) is 0 Å². The van der Waals surface area contributed by atoms with E-state index in [1.807, 2.05) is 18.2 Å². The Morgan fingerprint density at radius 3 is 2.44 bits per heavy atom. The van der Waals surface area contributed by atoms with Gasteiger partial charge in [-0.3, -0.25) is 0 Å². The van der Waals surface area contributed by atoms with Gasteiger partial charge >= 0.3 is 0 Å². The highest BCUT2D eigenvalue weighted by atomic mass is 35.5. The molecule has 2 aliphatic carbocycles. The summed E-state index contributed by atoms with van der Waals surface area (Å²) in [6, 6.07) is 5.87. The minimum absolute atomic E-state index is 0.0443. The highest BCUT2D eigenvalue weighted by Crippen LogP contribution is 2.58. The molecule has 0 radical (unpaired) electrons. The van der Waals surface area contributed by atoms with Gasteiger partial charge in [-0.15, -0.1) is 11.6 Å². The standard InChI is InChI=1S/C15H19ClO2/c1-17-12-3-4-14(18-2)13(8-12)15(16)11-6-9-5-10(9)7-11/h3-4,8-11,15H,5-7H2,1-2H3. The van der Waals surface area contributed by atoms with Crippen LogP contribution in [0.4, 0.5) is 0 Å². The summed E-state index contributed by atoms with van der Waals surface area (Å²) < 4.78 is 10.7. The van der Waals surface area contributed by atoms with Crippen LogP contribution in [0.1, 0.15) is 30.2 Å². The monoisotopic (exact) mass is 266 g/mol. The van der Waals surface area contributed by atoms with Crippen molar-refractivity contribution >= 4 is 11.6 Å². The van der Waals surface area contributed by atoms with Crippen LogP contribution in [0.25, 0.3) is 0 Å². The molecule has 0 aliphatic heterocycles. The second-order valence-electron chi connectivity index (χ2n) is 5.50. The number of methoxy groups -OCH3 is 2. The molecule has 98 valence electrons. The minimum Gasteiger partial charge on any atom is -0.497 e. The number of ether oxygens (including phenoxy) is 2. The minimum atomic E-state index is 0.0443. The summed E-state index contributed by atoms with van der Waals surface area (Å²) in [4.78, 5) is 0. The van der Waals surface area contributed by atoms with Crippen molar-refractivity contribution in [3.8, 4) is 11.5 Å². The van der Waals surface area contributed by atoms with Crippen molar-refractivity contribution in [2.24, 2.45) is 17.8 Å². The number of benzene rings is 1. The van der Waals surface area contributed by atoms with Crippen LogP contribution in [-0.2, 0) is 0 Å². The Labute approximate surface area is 113 Å². The van der Waals surface area contributed by atoms with Crippen LogP contribution in [0.15, 0.2) is 18.2 Å². The average Bonchev–Trinajstić information content (AvgIpc) is 3.03. The Morgan fingerprint density at radius 1 is 1.11 bits per heavy atom. The predicted octanol–water partition coefficient (Wildman–Crippen LogP) is 4.03. The van der Waals surface area contributed by atoms with Crippen molar-refractivity contribution in [3.63, 3.8) is 0 Å². The van der Waals surface area contributed by atoms with Crippen LogP contribution in [0.5, 0.6) is 11.5 Å². The SMILES string of the molecule is COc1ccc(OC)c(C(Cl)C2CC3CC3C2)c1. The van der Waals surface area contributed by atoms with Crippen LogP contribution in [0, 0.1) is 17.8 Å². The lowest BCUT2D eigenvalue weighted by Gasteiger charge is -2.21. The number of hydrogen-bond donors (Lipinski definition) is 0. The summed E-state index contributed by atoms with van der Waals surface area (Å²) in [6.07, 6.45) is 3.98. The molecule has 2 nitrogen and oxygen atoms in total. The van der Waals surface area contributed by atoms with E-state index in [-0.39, 0.29) is 5.38 Å². The fraction of sp³-hybridized carbons (Fsp3) is 0.600. The van der Waals surface area contributed by atoms with E-state index in [1.54, 1.807) is 14.2 Å². The molecule has 2 saturated carbocycles. The Balaban J connectivity index is 1.84. The molecule has 2 aliphatic rings. The van der Waals surface area contributed by atoms with Crippen LogP contribution in [0.3, 0.4) is 0 Å². The lowest BCUT2D eigenvalue weighted by Crippen LogP contribution is -2.07. The molecule has 18 heavy (non-hydrogen) atoms. The van der Waals surface area contributed by atoms with Gasteiger partial charge in [-0.25, -0.2) is 0 Å². The molecule has 2 fully saturated rings. The Hall–Kier alpha value is -0.890. The molecule has 0 heterocycles. The lowest BCUT2D eigenvalue weighted by molar-refractivity contribution is 0.389. The quantitative estimate of drug-likeness (QED) is 0.766. The van der Waals surface area contributed by atoms with Crippen molar-refractivity contribution in [2.45, 2.75) is 24.6 Å². The van der Waals surface area contributed by atoms with Crippen LogP contribution >= 0.6 is 11.6 Å². The average molecular weight is 267 g/mol. The van der Waals surface area contributed by atoms with Crippen molar-refractivity contribution in [2.75, 3.05) is 14.2 Å². The number of halogens is 1. The predicted molar refractivity (Wildman–Crippen MR) is 72.5 cm³/mol. The third kappa shape index (κ3) is 2.07. The second-order valence-corrected chi connectivity index (χ2v) is 5.97. The Bertz CT molecular complexity index is 436. The van der Waals surface area contributed by atoms with Crippen LogP contribution in [-0.4, -0.2) is 14.2 Å². The van der Waals surface area contributed by atoms with E-state index in [1.165, 1.54) is 19.3 Å². The van der Waals surface area contributed by atoms with Gasteiger partial charge in [-0.2, -0.15) is 0 Å². The summed E-state index contributed by atoms with van der Waals surface area (Å²) in [5, 5.41) is 0.0443. The van der Waals surface area contributed by atoms with Gasteiger partial charge < -0.3 is 9.47 Å². The third-order valence-electron chi connectivity index (χ3n) is 4.43.